The predicted octanol–water partition coefficient (Wildman–Crippen LogP) is 4.92. The molecule has 2 aromatic heterocycles. The van der Waals surface area contributed by atoms with E-state index in [9.17, 15) is 9.18 Å². The Balaban J connectivity index is 1.30. The lowest BCUT2D eigenvalue weighted by Crippen LogP contribution is -2.32. The van der Waals surface area contributed by atoms with E-state index < -0.39 is 0 Å². The summed E-state index contributed by atoms with van der Waals surface area (Å²) in [6.07, 6.45) is 8.89. The van der Waals surface area contributed by atoms with Crippen LogP contribution in [0.25, 0.3) is 11.3 Å². The Kier molecular flexibility index (Phi) is 3.75. The summed E-state index contributed by atoms with van der Waals surface area (Å²) < 4.78 is 16.1. The van der Waals surface area contributed by atoms with E-state index in [-0.39, 0.29) is 23.9 Å². The van der Waals surface area contributed by atoms with E-state index in [1.54, 1.807) is 15.8 Å². The van der Waals surface area contributed by atoms with Crippen LogP contribution in [0.5, 0.6) is 0 Å². The molecule has 1 aromatic carbocycles. The number of aromatic nitrogens is 3. The quantitative estimate of drug-likeness (QED) is 0.675. The molecule has 1 saturated heterocycles. The highest BCUT2D eigenvalue weighted by atomic mass is 19.1. The Morgan fingerprint density at radius 1 is 1.10 bits per heavy atom. The maximum Gasteiger partial charge on any atom is 0.322 e. The second-order valence-corrected chi connectivity index (χ2v) is 8.52. The highest BCUT2D eigenvalue weighted by molar-refractivity contribution is 5.92. The molecule has 3 aromatic rings. The summed E-state index contributed by atoms with van der Waals surface area (Å²) in [6, 6.07) is 7.58. The van der Waals surface area contributed by atoms with Crippen LogP contribution in [0.3, 0.4) is 0 Å². The molecular weight excluding hydrogens is 381 g/mol. The van der Waals surface area contributed by atoms with Crippen molar-refractivity contribution in [3.05, 3.63) is 65.4 Å². The van der Waals surface area contributed by atoms with Crippen molar-refractivity contribution in [2.24, 2.45) is 7.05 Å². The number of nitrogens with one attached hydrogen (secondary N) is 1. The summed E-state index contributed by atoms with van der Waals surface area (Å²) in [4.78, 5) is 19.0. The average molecular weight is 403 g/mol. The largest absolute Gasteiger partial charge is 0.322 e. The number of hydrogen-bond donors (Lipinski definition) is 1. The fraction of sp³-hybridized carbons (Fsp3) is 0.348. The molecule has 6 rings (SSSR count). The molecule has 2 fully saturated rings. The Morgan fingerprint density at radius 3 is 2.67 bits per heavy atom. The number of carbonyl (C=O) groups excluding carboxylic acids is 1. The van der Waals surface area contributed by atoms with Gasteiger partial charge in [-0.3, -0.25) is 9.67 Å². The van der Waals surface area contributed by atoms with Gasteiger partial charge in [0.1, 0.15) is 5.82 Å². The summed E-state index contributed by atoms with van der Waals surface area (Å²) in [7, 11) is 1.90. The maximum atomic E-state index is 14.4. The van der Waals surface area contributed by atoms with Gasteiger partial charge in [-0.25, -0.2) is 9.18 Å². The normalized spacial score (nSPS) is 21.7. The topological polar surface area (TPSA) is 63.1 Å². The Labute approximate surface area is 173 Å². The van der Waals surface area contributed by atoms with Crippen LogP contribution in [0, 0.1) is 5.82 Å². The van der Waals surface area contributed by atoms with Crippen LogP contribution in [0.15, 0.2) is 42.9 Å². The first-order valence-electron chi connectivity index (χ1n) is 10.5. The molecule has 1 N–H and O–H groups in total. The van der Waals surface area contributed by atoms with Crippen molar-refractivity contribution in [2.75, 3.05) is 5.32 Å². The minimum atomic E-state index is -0.316. The highest BCUT2D eigenvalue weighted by Gasteiger charge is 2.48. The fourth-order valence-electron chi connectivity index (χ4n) is 5.11. The maximum absolute atomic E-state index is 14.4. The third-order valence-corrected chi connectivity index (χ3v) is 6.59. The number of pyridine rings is 1. The van der Waals surface area contributed by atoms with Gasteiger partial charge in [0.2, 0.25) is 0 Å². The molecular formula is C23H22FN5O. The Bertz CT molecular complexity index is 1170. The Hall–Kier alpha value is -3.22. The zero-order valence-corrected chi connectivity index (χ0v) is 16.7. The van der Waals surface area contributed by atoms with E-state index in [4.69, 9.17) is 0 Å². The lowest BCUT2D eigenvalue weighted by atomic mass is 9.93. The van der Waals surface area contributed by atoms with Crippen molar-refractivity contribution in [1.29, 1.82) is 0 Å². The van der Waals surface area contributed by atoms with E-state index in [2.05, 4.69) is 21.5 Å². The number of halogens is 1. The molecule has 6 nitrogen and oxygen atoms in total. The Morgan fingerprint density at radius 2 is 1.93 bits per heavy atom. The van der Waals surface area contributed by atoms with Crippen molar-refractivity contribution in [1.82, 2.24) is 19.7 Å². The summed E-state index contributed by atoms with van der Waals surface area (Å²) in [5, 5.41) is 7.62. The smallest absolute Gasteiger partial charge is 0.310 e. The van der Waals surface area contributed by atoms with Gasteiger partial charge in [-0.05, 0) is 55.4 Å². The van der Waals surface area contributed by atoms with Gasteiger partial charge < -0.3 is 10.2 Å². The van der Waals surface area contributed by atoms with Crippen LogP contribution in [0.1, 0.15) is 60.4 Å². The van der Waals surface area contributed by atoms with Crippen LogP contribution in [-0.2, 0) is 7.05 Å². The molecule has 1 aliphatic carbocycles. The number of carbonyl (C=O) groups is 1. The molecule has 2 atom stereocenters. The number of hydrogen-bond acceptors (Lipinski definition) is 3. The molecule has 0 unspecified atom stereocenters. The van der Waals surface area contributed by atoms with Gasteiger partial charge in [-0.1, -0.05) is 6.07 Å². The minimum Gasteiger partial charge on any atom is -0.310 e. The number of amides is 2. The van der Waals surface area contributed by atoms with E-state index >= 15 is 0 Å². The van der Waals surface area contributed by atoms with Gasteiger partial charge in [-0.15, -0.1) is 0 Å². The van der Waals surface area contributed by atoms with Gasteiger partial charge in [0.05, 0.1) is 24.0 Å². The monoisotopic (exact) mass is 403 g/mol. The molecule has 7 heteroatoms. The number of nitrogens with zero attached hydrogens (tertiary/aromatic N) is 4. The number of anilines is 1. The summed E-state index contributed by atoms with van der Waals surface area (Å²) in [5.41, 5.74) is 5.48. The summed E-state index contributed by atoms with van der Waals surface area (Å²) in [5.74, 6) is 0.259. The van der Waals surface area contributed by atoms with Crippen molar-refractivity contribution in [3.63, 3.8) is 0 Å². The van der Waals surface area contributed by atoms with Crippen molar-refractivity contribution in [3.8, 4) is 11.3 Å². The third kappa shape index (κ3) is 2.65. The molecule has 0 spiro atoms. The lowest BCUT2D eigenvalue weighted by Gasteiger charge is -2.23. The van der Waals surface area contributed by atoms with Gasteiger partial charge in [0, 0.05) is 41.8 Å². The number of fused-ring (bicyclic) bond motifs is 5. The van der Waals surface area contributed by atoms with E-state index in [1.165, 1.54) is 24.6 Å². The van der Waals surface area contributed by atoms with Crippen LogP contribution in [0.4, 0.5) is 14.9 Å². The molecule has 3 aliphatic rings. The molecule has 4 heterocycles. The minimum absolute atomic E-state index is 0.103. The zero-order chi connectivity index (χ0) is 20.4. The SMILES string of the molecule is Cn1ccc(-c2cc(NC(=O)N3[C@@H]4CC[C@H]3c3cncc(F)c34)ccc2C2CC2)n1. The fourth-order valence-corrected chi connectivity index (χ4v) is 5.11. The molecule has 152 valence electrons. The van der Waals surface area contributed by atoms with Gasteiger partial charge in [0.15, 0.2) is 0 Å². The van der Waals surface area contributed by atoms with Crippen LogP contribution >= 0.6 is 0 Å². The first kappa shape index (κ1) is 17.6. The second-order valence-electron chi connectivity index (χ2n) is 8.52. The van der Waals surface area contributed by atoms with Crippen LogP contribution < -0.4 is 5.32 Å². The van der Waals surface area contributed by atoms with Gasteiger partial charge in [0.25, 0.3) is 0 Å². The molecule has 1 saturated carbocycles. The van der Waals surface area contributed by atoms with Crippen LogP contribution in [0.2, 0.25) is 0 Å². The first-order chi connectivity index (χ1) is 14.6. The number of aryl methyl sites for hydroxylation is 1. The highest BCUT2D eigenvalue weighted by Crippen LogP contribution is 2.53. The molecule has 0 radical (unpaired) electrons. The van der Waals surface area contributed by atoms with Gasteiger partial charge in [-0.2, -0.15) is 5.10 Å². The summed E-state index contributed by atoms with van der Waals surface area (Å²) >= 11 is 0. The van der Waals surface area contributed by atoms with Crippen molar-refractivity contribution in [2.45, 2.75) is 43.7 Å². The van der Waals surface area contributed by atoms with E-state index in [0.29, 0.717) is 11.5 Å². The third-order valence-electron chi connectivity index (χ3n) is 6.59. The molecule has 2 bridgehead atoms. The van der Waals surface area contributed by atoms with Crippen molar-refractivity contribution >= 4 is 11.7 Å². The second kappa shape index (κ2) is 6.39. The average Bonchev–Trinajstić information content (AvgIpc) is 3.22. The number of benzene rings is 1. The predicted molar refractivity (Wildman–Crippen MR) is 110 cm³/mol. The van der Waals surface area contributed by atoms with E-state index in [0.717, 1.165) is 35.3 Å². The molecule has 2 amide bonds. The zero-order valence-electron chi connectivity index (χ0n) is 16.7. The lowest BCUT2D eigenvalue weighted by molar-refractivity contribution is 0.196. The summed E-state index contributed by atoms with van der Waals surface area (Å²) in [6.45, 7) is 0. The number of rotatable bonds is 3. The van der Waals surface area contributed by atoms with Crippen molar-refractivity contribution < 1.29 is 9.18 Å². The standard InChI is InChI=1S/C23H22FN5O/c1-28-9-8-19(27-28)16-10-14(4-5-15(16)13-2-3-13)26-23(30)29-20-6-7-21(29)22-17(20)11-25-12-18(22)24/h4-5,8-13,20-21H,2-3,6-7H2,1H3,(H,26,30)/t20-,21+/m0/s1. The molecule has 30 heavy (non-hydrogen) atoms. The van der Waals surface area contributed by atoms with Gasteiger partial charge >= 0.3 is 6.03 Å². The number of urea groups is 1. The molecule has 2 aliphatic heterocycles. The first-order valence-corrected chi connectivity index (χ1v) is 10.5. The van der Waals surface area contributed by atoms with Crippen LogP contribution in [-0.4, -0.2) is 25.7 Å². The van der Waals surface area contributed by atoms with E-state index in [1.807, 2.05) is 31.4 Å².